The fourth-order valence-corrected chi connectivity index (χ4v) is 9.97. The van der Waals surface area contributed by atoms with E-state index in [1.165, 1.54) is 6.07 Å². The number of hydrogen-bond donors (Lipinski definition) is 0. The van der Waals surface area contributed by atoms with Crippen LogP contribution in [-0.2, 0) is 6.18 Å². The summed E-state index contributed by atoms with van der Waals surface area (Å²) in [7, 11) is 0. The molecule has 0 aliphatic rings. The molecular formula is C60H37F3N6. The van der Waals surface area contributed by atoms with Crippen molar-refractivity contribution in [3.63, 3.8) is 0 Å². The Morgan fingerprint density at radius 3 is 1.45 bits per heavy atom. The Morgan fingerprint density at radius 1 is 0.319 bits per heavy atom. The molecule has 0 bridgehead atoms. The van der Waals surface area contributed by atoms with E-state index in [9.17, 15) is 0 Å². The molecule has 0 amide bonds. The van der Waals surface area contributed by atoms with E-state index in [-0.39, 0.29) is 11.4 Å². The molecule has 13 aromatic rings. The van der Waals surface area contributed by atoms with Gasteiger partial charge in [-0.15, -0.1) is 0 Å². The Bertz CT molecular complexity index is 4040. The van der Waals surface area contributed by atoms with Crippen LogP contribution < -0.4 is 0 Å². The topological polar surface area (TPSA) is 53.5 Å². The van der Waals surface area contributed by atoms with Gasteiger partial charge in [-0.2, -0.15) is 13.2 Å². The van der Waals surface area contributed by atoms with Crippen molar-refractivity contribution in [1.82, 2.24) is 28.7 Å². The van der Waals surface area contributed by atoms with Crippen LogP contribution in [0.25, 0.3) is 117 Å². The Morgan fingerprint density at radius 2 is 0.826 bits per heavy atom. The van der Waals surface area contributed by atoms with Gasteiger partial charge in [0.2, 0.25) is 0 Å². The minimum Gasteiger partial charge on any atom is -0.316 e. The van der Waals surface area contributed by atoms with Gasteiger partial charge in [-0.1, -0.05) is 133 Å². The van der Waals surface area contributed by atoms with Crippen molar-refractivity contribution in [2.45, 2.75) is 6.18 Å². The Hall–Kier alpha value is -9.08. The number of alkyl halides is 3. The van der Waals surface area contributed by atoms with Gasteiger partial charge < -0.3 is 13.7 Å². The highest BCUT2D eigenvalue weighted by Crippen LogP contribution is 2.42. The lowest BCUT2D eigenvalue weighted by Crippen LogP contribution is -2.08. The maximum atomic E-state index is 15.1. The molecular weight excluding hydrogens is 862 g/mol. The molecule has 4 aromatic heterocycles. The van der Waals surface area contributed by atoms with E-state index in [0.29, 0.717) is 17.3 Å². The van der Waals surface area contributed by atoms with Crippen LogP contribution in [0.3, 0.4) is 0 Å². The van der Waals surface area contributed by atoms with Crippen LogP contribution in [0.4, 0.5) is 13.2 Å². The monoisotopic (exact) mass is 898 g/mol. The second-order valence-corrected chi connectivity index (χ2v) is 17.2. The minimum atomic E-state index is -4.66. The van der Waals surface area contributed by atoms with E-state index >= 15 is 13.2 Å². The predicted molar refractivity (Wildman–Crippen MR) is 272 cm³/mol. The van der Waals surface area contributed by atoms with Crippen molar-refractivity contribution >= 4 is 54.5 Å². The molecule has 6 nitrogen and oxygen atoms in total. The van der Waals surface area contributed by atoms with Gasteiger partial charge in [0.05, 0.1) is 33.1 Å². The van der Waals surface area contributed by atoms with Crippen molar-refractivity contribution in [3.05, 3.63) is 230 Å². The van der Waals surface area contributed by atoms with E-state index in [0.717, 1.165) is 94.2 Å². The highest BCUT2D eigenvalue weighted by molar-refractivity contribution is 6.19. The summed E-state index contributed by atoms with van der Waals surface area (Å²) in [5, 5.41) is 5.23. The van der Waals surface area contributed by atoms with E-state index in [1.54, 1.807) is 6.07 Å². The van der Waals surface area contributed by atoms with Crippen LogP contribution in [0.15, 0.2) is 225 Å². The third-order valence-corrected chi connectivity index (χ3v) is 13.1. The number of rotatable bonds is 7. The predicted octanol–water partition coefficient (Wildman–Crippen LogP) is 15.7. The lowest BCUT2D eigenvalue weighted by molar-refractivity contribution is -0.137. The summed E-state index contributed by atoms with van der Waals surface area (Å²) in [6.07, 6.45) is -2.52. The van der Waals surface area contributed by atoms with Crippen LogP contribution in [0.2, 0.25) is 0 Å². The van der Waals surface area contributed by atoms with Crippen LogP contribution in [0.5, 0.6) is 0 Å². The highest BCUT2D eigenvalue weighted by atomic mass is 19.4. The third-order valence-electron chi connectivity index (χ3n) is 13.1. The molecule has 0 aliphatic heterocycles. The molecule has 69 heavy (non-hydrogen) atoms. The number of benzene rings is 9. The van der Waals surface area contributed by atoms with Gasteiger partial charge in [-0.05, 0) is 96.1 Å². The molecule has 13 rings (SSSR count). The van der Waals surface area contributed by atoms with Crippen LogP contribution >= 0.6 is 0 Å². The van der Waals surface area contributed by atoms with E-state index in [1.807, 2.05) is 108 Å². The van der Waals surface area contributed by atoms with Crippen molar-refractivity contribution in [1.29, 1.82) is 0 Å². The van der Waals surface area contributed by atoms with Gasteiger partial charge >= 0.3 is 6.18 Å². The molecule has 0 saturated carbocycles. The maximum Gasteiger partial charge on any atom is 0.416 e. The Kier molecular flexibility index (Phi) is 9.20. The fourth-order valence-electron chi connectivity index (χ4n) is 9.97. The minimum absolute atomic E-state index is 0.136. The van der Waals surface area contributed by atoms with Gasteiger partial charge in [0.1, 0.15) is 0 Å². The van der Waals surface area contributed by atoms with Crippen molar-refractivity contribution in [2.75, 3.05) is 0 Å². The largest absolute Gasteiger partial charge is 0.416 e. The molecule has 0 N–H and O–H groups in total. The number of halogens is 3. The van der Waals surface area contributed by atoms with E-state index in [4.69, 9.17) is 15.0 Å². The van der Waals surface area contributed by atoms with Crippen molar-refractivity contribution in [3.8, 4) is 62.4 Å². The summed E-state index contributed by atoms with van der Waals surface area (Å²) in [6, 6.07) is 71.1. The molecule has 0 aliphatic carbocycles. The molecule has 0 atom stereocenters. The summed E-state index contributed by atoms with van der Waals surface area (Å²) >= 11 is 0. The summed E-state index contributed by atoms with van der Waals surface area (Å²) in [6.45, 7) is 0. The van der Waals surface area contributed by atoms with Crippen molar-refractivity contribution < 1.29 is 13.2 Å². The summed E-state index contributed by atoms with van der Waals surface area (Å²) in [5.41, 5.74) is 10.2. The van der Waals surface area contributed by atoms with Gasteiger partial charge in [0.15, 0.2) is 17.5 Å². The molecule has 0 unspecified atom stereocenters. The van der Waals surface area contributed by atoms with Crippen LogP contribution in [0.1, 0.15) is 5.56 Å². The molecule has 9 aromatic carbocycles. The zero-order valence-corrected chi connectivity index (χ0v) is 36.7. The third kappa shape index (κ3) is 6.77. The smallest absolute Gasteiger partial charge is 0.316 e. The highest BCUT2D eigenvalue weighted by Gasteiger charge is 2.32. The van der Waals surface area contributed by atoms with Gasteiger partial charge in [-0.25, -0.2) is 15.0 Å². The first-order valence-corrected chi connectivity index (χ1v) is 22.7. The lowest BCUT2D eigenvalue weighted by atomic mass is 10.0. The van der Waals surface area contributed by atoms with Crippen LogP contribution in [-0.4, -0.2) is 28.7 Å². The number of para-hydroxylation sites is 3. The molecule has 0 saturated heterocycles. The number of hydrogen-bond acceptors (Lipinski definition) is 3. The molecule has 0 spiro atoms. The molecule has 328 valence electrons. The normalized spacial score (nSPS) is 12.0. The lowest BCUT2D eigenvalue weighted by Gasteiger charge is -2.15. The molecule has 4 heterocycles. The zero-order valence-electron chi connectivity index (χ0n) is 36.7. The number of nitrogens with zero attached hydrogens (tertiary/aromatic N) is 6. The zero-order chi connectivity index (χ0) is 46.2. The molecule has 0 fully saturated rings. The first kappa shape index (κ1) is 40.2. The Balaban J connectivity index is 0.981. The summed E-state index contributed by atoms with van der Waals surface area (Å²) in [5.74, 6) is 0.860. The summed E-state index contributed by atoms with van der Waals surface area (Å²) < 4.78 is 51.7. The van der Waals surface area contributed by atoms with Crippen molar-refractivity contribution in [2.24, 2.45) is 0 Å². The van der Waals surface area contributed by atoms with Gasteiger partial charge in [-0.3, -0.25) is 0 Å². The molecule has 9 heteroatoms. The summed E-state index contributed by atoms with van der Waals surface area (Å²) in [4.78, 5) is 14.4. The average Bonchev–Trinajstić information content (AvgIpc) is 4.09. The average molecular weight is 899 g/mol. The number of fused-ring (bicyclic) bond motifs is 8. The SMILES string of the molecule is FC(F)(F)c1cc(-c2nc(-c3ccccc3)nc(-c3ccccc3)n2)cc(-n2c3ccccc3c3cc(-c4ccc5c(c4)c4ccc6c(ccn6-c6ccccc6)c4n5-c4ccccc4)ccc32)c1. The molecule has 0 radical (unpaired) electrons. The first-order valence-electron chi connectivity index (χ1n) is 22.7. The van der Waals surface area contributed by atoms with E-state index < -0.39 is 11.7 Å². The standard InChI is InChI=1S/C60H37F3N6/c61-60(62,63)43-33-42(59-65-57(38-15-5-1-6-16-38)64-58(66-59)39-17-7-2-8-18-39)34-46(37-43)68-53-24-14-13-23-47(53)50-35-40(25-28-54(50)68)41-26-29-55-51(36-41)48-27-30-52-49(31-32-67(52)44-19-9-3-10-20-44)56(48)69(55)45-21-11-4-12-22-45/h1-37H. The second-order valence-electron chi connectivity index (χ2n) is 17.2. The maximum absolute atomic E-state index is 15.1. The fraction of sp³-hybridized carbons (Fsp3) is 0.0167. The first-order chi connectivity index (χ1) is 33.8. The quantitative estimate of drug-likeness (QED) is 0.160. The van der Waals surface area contributed by atoms with Gasteiger partial charge in [0.25, 0.3) is 0 Å². The number of aromatic nitrogens is 6. The van der Waals surface area contributed by atoms with E-state index in [2.05, 4.69) is 112 Å². The Labute approximate surface area is 393 Å². The van der Waals surface area contributed by atoms with Crippen LogP contribution in [0, 0.1) is 0 Å². The van der Waals surface area contributed by atoms with Gasteiger partial charge in [0, 0.05) is 66.9 Å². The second kappa shape index (κ2) is 15.8.